The Kier molecular flexibility index (Phi) is 5.92. The first-order valence-electron chi connectivity index (χ1n) is 7.72. The van der Waals surface area contributed by atoms with Crippen LogP contribution in [0.1, 0.15) is 41.8 Å². The van der Waals surface area contributed by atoms with Crippen molar-refractivity contribution in [2.75, 3.05) is 7.11 Å². The molecular formula is C19H22N2O2. The van der Waals surface area contributed by atoms with Gasteiger partial charge in [0, 0.05) is 0 Å². The van der Waals surface area contributed by atoms with E-state index in [0.717, 1.165) is 24.1 Å². The minimum atomic E-state index is -0.288. The Morgan fingerprint density at radius 1 is 1.13 bits per heavy atom. The van der Waals surface area contributed by atoms with E-state index < -0.39 is 0 Å². The number of carbonyl (C=O) groups excluding carboxylic acids is 1. The Bertz CT molecular complexity index is 691. The Morgan fingerprint density at radius 2 is 1.83 bits per heavy atom. The maximum absolute atomic E-state index is 12.2. The number of carbonyl (C=O) groups is 1. The fourth-order valence-corrected chi connectivity index (χ4v) is 2.29. The molecule has 4 heteroatoms. The van der Waals surface area contributed by atoms with Crippen LogP contribution in [0.5, 0.6) is 5.75 Å². The van der Waals surface area contributed by atoms with Crippen LogP contribution in [0.4, 0.5) is 0 Å². The zero-order valence-electron chi connectivity index (χ0n) is 13.8. The highest BCUT2D eigenvalue weighted by Gasteiger charge is 2.10. The van der Waals surface area contributed by atoms with Crippen molar-refractivity contribution in [3.05, 3.63) is 65.2 Å². The van der Waals surface area contributed by atoms with Gasteiger partial charge in [-0.2, -0.15) is 5.10 Å². The van der Waals surface area contributed by atoms with Crippen molar-refractivity contribution < 1.29 is 9.53 Å². The molecule has 4 nitrogen and oxygen atoms in total. The lowest BCUT2D eigenvalue weighted by Gasteiger charge is -2.07. The summed E-state index contributed by atoms with van der Waals surface area (Å²) in [4.78, 5) is 12.2. The van der Waals surface area contributed by atoms with Crippen molar-refractivity contribution in [2.24, 2.45) is 5.10 Å². The van der Waals surface area contributed by atoms with Crippen LogP contribution in [0.25, 0.3) is 0 Å². The molecule has 2 aromatic rings. The Balaban J connectivity index is 2.08. The van der Waals surface area contributed by atoms with Gasteiger partial charge in [-0.3, -0.25) is 4.79 Å². The molecule has 0 spiro atoms. The van der Waals surface area contributed by atoms with Gasteiger partial charge in [0.2, 0.25) is 0 Å². The van der Waals surface area contributed by atoms with Crippen molar-refractivity contribution in [3.8, 4) is 5.75 Å². The minimum absolute atomic E-state index is 0.288. The fourth-order valence-electron chi connectivity index (χ4n) is 2.29. The minimum Gasteiger partial charge on any atom is -0.496 e. The van der Waals surface area contributed by atoms with Gasteiger partial charge in [-0.1, -0.05) is 49.7 Å². The van der Waals surface area contributed by atoms with Crippen molar-refractivity contribution in [2.45, 2.75) is 26.7 Å². The molecule has 1 N–H and O–H groups in total. The van der Waals surface area contributed by atoms with Crippen molar-refractivity contribution in [3.63, 3.8) is 0 Å². The molecular weight excluding hydrogens is 288 g/mol. The molecule has 0 heterocycles. The second-order valence-electron chi connectivity index (χ2n) is 5.29. The van der Waals surface area contributed by atoms with Crippen LogP contribution in [-0.2, 0) is 6.42 Å². The normalized spacial score (nSPS) is 11.2. The SMILES string of the molecule is CCCc1ccc(/C(C)=N/NC(=O)c2ccccc2OC)cc1. The first-order valence-corrected chi connectivity index (χ1v) is 7.72. The van der Waals surface area contributed by atoms with Gasteiger partial charge in [0.1, 0.15) is 5.75 Å². The highest BCUT2D eigenvalue weighted by molar-refractivity contribution is 6.01. The molecule has 0 aromatic heterocycles. The molecule has 120 valence electrons. The van der Waals surface area contributed by atoms with Crippen LogP contribution in [-0.4, -0.2) is 18.7 Å². The van der Waals surface area contributed by atoms with Crippen LogP contribution in [0.2, 0.25) is 0 Å². The van der Waals surface area contributed by atoms with Gasteiger partial charge >= 0.3 is 0 Å². The van der Waals surface area contributed by atoms with E-state index in [4.69, 9.17) is 4.74 Å². The standard InChI is InChI=1S/C19H22N2O2/c1-4-7-15-10-12-16(13-11-15)14(2)20-21-19(22)17-8-5-6-9-18(17)23-3/h5-6,8-13H,4,7H2,1-3H3,(H,21,22)/b20-14+. The third kappa shape index (κ3) is 4.42. The summed E-state index contributed by atoms with van der Waals surface area (Å²) in [5.41, 5.74) is 6.10. The quantitative estimate of drug-likeness (QED) is 0.651. The molecule has 23 heavy (non-hydrogen) atoms. The number of hydrogen-bond donors (Lipinski definition) is 1. The van der Waals surface area contributed by atoms with Crippen LogP contribution in [0.3, 0.4) is 0 Å². The monoisotopic (exact) mass is 310 g/mol. The summed E-state index contributed by atoms with van der Waals surface area (Å²) in [5.74, 6) is 0.242. The van der Waals surface area contributed by atoms with E-state index in [2.05, 4.69) is 29.6 Å². The number of nitrogens with zero attached hydrogens (tertiary/aromatic N) is 1. The zero-order valence-corrected chi connectivity index (χ0v) is 13.8. The number of hydrazone groups is 1. The van der Waals surface area contributed by atoms with Crippen molar-refractivity contribution in [1.82, 2.24) is 5.43 Å². The third-order valence-corrected chi connectivity index (χ3v) is 3.59. The van der Waals surface area contributed by atoms with Crippen LogP contribution >= 0.6 is 0 Å². The summed E-state index contributed by atoms with van der Waals surface area (Å²) in [7, 11) is 1.54. The summed E-state index contributed by atoms with van der Waals surface area (Å²) < 4.78 is 5.18. The molecule has 0 aliphatic heterocycles. The second kappa shape index (κ2) is 8.13. The van der Waals surface area contributed by atoms with E-state index in [1.165, 1.54) is 5.56 Å². The van der Waals surface area contributed by atoms with Gasteiger partial charge in [-0.15, -0.1) is 0 Å². The summed E-state index contributed by atoms with van der Waals surface area (Å²) in [5, 5.41) is 4.18. The smallest absolute Gasteiger partial charge is 0.275 e. The predicted octanol–water partition coefficient (Wildman–Crippen LogP) is 3.80. The van der Waals surface area contributed by atoms with Crippen LogP contribution in [0, 0.1) is 0 Å². The number of rotatable bonds is 6. The Labute approximate surface area is 137 Å². The lowest BCUT2D eigenvalue weighted by molar-refractivity contribution is 0.0952. The summed E-state index contributed by atoms with van der Waals surface area (Å²) in [6.07, 6.45) is 2.20. The number of nitrogens with one attached hydrogen (secondary N) is 1. The van der Waals surface area contributed by atoms with E-state index in [1.807, 2.05) is 25.1 Å². The zero-order chi connectivity index (χ0) is 16.7. The summed E-state index contributed by atoms with van der Waals surface area (Å²) >= 11 is 0. The highest BCUT2D eigenvalue weighted by atomic mass is 16.5. The lowest BCUT2D eigenvalue weighted by atomic mass is 10.1. The molecule has 0 bridgehead atoms. The first-order chi connectivity index (χ1) is 11.2. The van der Waals surface area contributed by atoms with E-state index >= 15 is 0 Å². The number of amides is 1. The molecule has 0 radical (unpaired) electrons. The maximum Gasteiger partial charge on any atom is 0.275 e. The maximum atomic E-state index is 12.2. The Morgan fingerprint density at radius 3 is 2.48 bits per heavy atom. The Hall–Kier alpha value is -2.62. The first kappa shape index (κ1) is 16.7. The number of hydrogen-bond acceptors (Lipinski definition) is 3. The van der Waals surface area contributed by atoms with Gasteiger partial charge in [-0.25, -0.2) is 5.43 Å². The number of benzene rings is 2. The molecule has 0 fully saturated rings. The molecule has 1 amide bonds. The predicted molar refractivity (Wildman–Crippen MR) is 93.1 cm³/mol. The van der Waals surface area contributed by atoms with Gasteiger partial charge in [0.25, 0.3) is 5.91 Å². The number of aryl methyl sites for hydroxylation is 1. The molecule has 0 atom stereocenters. The van der Waals surface area contributed by atoms with Gasteiger partial charge in [0.05, 0.1) is 18.4 Å². The largest absolute Gasteiger partial charge is 0.496 e. The average molecular weight is 310 g/mol. The number of para-hydroxylation sites is 1. The van der Waals surface area contributed by atoms with E-state index in [9.17, 15) is 4.79 Å². The average Bonchev–Trinajstić information content (AvgIpc) is 2.60. The highest BCUT2D eigenvalue weighted by Crippen LogP contribution is 2.16. The van der Waals surface area contributed by atoms with Crippen LogP contribution in [0.15, 0.2) is 53.6 Å². The second-order valence-corrected chi connectivity index (χ2v) is 5.29. The van der Waals surface area contributed by atoms with Crippen molar-refractivity contribution in [1.29, 1.82) is 0 Å². The summed E-state index contributed by atoms with van der Waals surface area (Å²) in [6, 6.07) is 15.3. The van der Waals surface area contributed by atoms with Crippen molar-refractivity contribution >= 4 is 11.6 Å². The van der Waals surface area contributed by atoms with Gasteiger partial charge in [-0.05, 0) is 36.6 Å². The van der Waals surface area contributed by atoms with E-state index in [0.29, 0.717) is 11.3 Å². The van der Waals surface area contributed by atoms with E-state index in [-0.39, 0.29) is 5.91 Å². The topological polar surface area (TPSA) is 50.7 Å². The van der Waals surface area contributed by atoms with Crippen LogP contribution < -0.4 is 10.2 Å². The van der Waals surface area contributed by atoms with Gasteiger partial charge in [0.15, 0.2) is 0 Å². The molecule has 0 aliphatic rings. The van der Waals surface area contributed by atoms with E-state index in [1.54, 1.807) is 25.3 Å². The number of methoxy groups -OCH3 is 1. The van der Waals surface area contributed by atoms with Gasteiger partial charge < -0.3 is 4.74 Å². The summed E-state index contributed by atoms with van der Waals surface area (Å²) in [6.45, 7) is 4.03. The fraction of sp³-hybridized carbons (Fsp3) is 0.263. The molecule has 0 unspecified atom stereocenters. The lowest BCUT2D eigenvalue weighted by Crippen LogP contribution is -2.20. The number of ether oxygens (including phenoxy) is 1. The molecule has 0 aliphatic carbocycles. The molecule has 2 aromatic carbocycles. The molecule has 0 saturated heterocycles. The molecule has 0 saturated carbocycles. The molecule has 2 rings (SSSR count). The third-order valence-electron chi connectivity index (χ3n) is 3.59.